The zero-order valence-electron chi connectivity index (χ0n) is 8.52. The van der Waals surface area contributed by atoms with Crippen LogP contribution in [0.3, 0.4) is 0 Å². The monoisotopic (exact) mass is 236 g/mol. The van der Waals surface area contributed by atoms with Gasteiger partial charge in [0.1, 0.15) is 0 Å². The summed E-state index contributed by atoms with van der Waals surface area (Å²) in [5.74, 6) is 0. The molecule has 0 N–H and O–H groups in total. The Bertz CT molecular complexity index is 360. The normalized spacial score (nSPS) is 9.00. The van der Waals surface area contributed by atoms with Gasteiger partial charge in [0, 0.05) is 9.92 Å². The largest absolute Gasteiger partial charge is 0.143 e. The number of benzene rings is 2. The molecule has 0 bridgehead atoms. The Balaban J connectivity index is 0.000000151. The van der Waals surface area contributed by atoms with E-state index >= 15 is 0 Å². The van der Waals surface area contributed by atoms with E-state index < -0.39 is 0 Å². The van der Waals surface area contributed by atoms with Crippen molar-refractivity contribution in [1.82, 2.24) is 0 Å². The maximum absolute atomic E-state index is 5.58. The molecule has 2 aromatic carbocycles. The molecule has 0 unspecified atom stereocenters. The van der Waals surface area contributed by atoms with Gasteiger partial charge in [-0.3, -0.25) is 0 Å². The molecule has 2 aromatic rings. The first-order chi connectivity index (χ1) is 7.18. The SMILES string of the molecule is Cc1ccccc1.Sc1ccc(Cl)cc1. The molecule has 0 aliphatic carbocycles. The van der Waals surface area contributed by atoms with Crippen LogP contribution in [0.4, 0.5) is 0 Å². The summed E-state index contributed by atoms with van der Waals surface area (Å²) in [4.78, 5) is 0.939. The molecular formula is C13H13ClS. The first-order valence-corrected chi connectivity index (χ1v) is 5.47. The van der Waals surface area contributed by atoms with E-state index in [0.29, 0.717) is 0 Å². The molecule has 0 saturated carbocycles. The van der Waals surface area contributed by atoms with Gasteiger partial charge in [0.15, 0.2) is 0 Å². The molecule has 0 amide bonds. The lowest BCUT2D eigenvalue weighted by molar-refractivity contribution is 1.48. The first-order valence-electron chi connectivity index (χ1n) is 4.64. The van der Waals surface area contributed by atoms with E-state index in [4.69, 9.17) is 11.6 Å². The summed E-state index contributed by atoms with van der Waals surface area (Å²) in [7, 11) is 0. The molecule has 0 spiro atoms. The van der Waals surface area contributed by atoms with Crippen LogP contribution >= 0.6 is 24.2 Å². The lowest BCUT2D eigenvalue weighted by atomic mass is 10.2. The molecule has 0 radical (unpaired) electrons. The van der Waals surface area contributed by atoms with Gasteiger partial charge in [0.05, 0.1) is 0 Å². The molecule has 0 aromatic heterocycles. The van der Waals surface area contributed by atoms with Crippen LogP contribution in [0.25, 0.3) is 0 Å². The smallest absolute Gasteiger partial charge is 0.0406 e. The number of hydrogen-bond donors (Lipinski definition) is 1. The van der Waals surface area contributed by atoms with Crippen LogP contribution in [0.1, 0.15) is 5.56 Å². The number of halogens is 1. The van der Waals surface area contributed by atoms with Crippen LogP contribution in [-0.2, 0) is 0 Å². The molecule has 0 aliphatic heterocycles. The molecule has 0 nitrogen and oxygen atoms in total. The fourth-order valence-electron chi connectivity index (χ4n) is 0.975. The summed E-state index contributed by atoms with van der Waals surface area (Å²) in [5.41, 5.74) is 1.32. The highest BCUT2D eigenvalue weighted by Crippen LogP contribution is 2.11. The van der Waals surface area contributed by atoms with Crippen LogP contribution in [0, 0.1) is 6.92 Å². The Morgan fingerprint density at radius 3 is 1.73 bits per heavy atom. The van der Waals surface area contributed by atoms with Gasteiger partial charge in [-0.25, -0.2) is 0 Å². The molecule has 15 heavy (non-hydrogen) atoms. The van der Waals surface area contributed by atoms with Gasteiger partial charge in [-0.15, -0.1) is 12.6 Å². The van der Waals surface area contributed by atoms with E-state index in [1.54, 1.807) is 0 Å². The molecule has 2 rings (SSSR count). The second kappa shape index (κ2) is 6.54. The molecule has 0 saturated heterocycles. The van der Waals surface area contributed by atoms with Crippen LogP contribution in [0.2, 0.25) is 5.02 Å². The molecular weight excluding hydrogens is 224 g/mol. The number of hydrogen-bond acceptors (Lipinski definition) is 1. The molecule has 78 valence electrons. The van der Waals surface area contributed by atoms with Gasteiger partial charge >= 0.3 is 0 Å². The Morgan fingerprint density at radius 1 is 0.867 bits per heavy atom. The summed E-state index contributed by atoms with van der Waals surface area (Å²) < 4.78 is 0. The first kappa shape index (κ1) is 12.2. The van der Waals surface area contributed by atoms with Crippen molar-refractivity contribution in [2.75, 3.05) is 0 Å². The molecule has 0 atom stereocenters. The van der Waals surface area contributed by atoms with Gasteiger partial charge in [-0.2, -0.15) is 0 Å². The van der Waals surface area contributed by atoms with Gasteiger partial charge in [0.25, 0.3) is 0 Å². The Hall–Kier alpha value is -0.920. The van der Waals surface area contributed by atoms with Crippen molar-refractivity contribution in [1.29, 1.82) is 0 Å². The zero-order valence-corrected chi connectivity index (χ0v) is 10.2. The third kappa shape index (κ3) is 5.50. The van der Waals surface area contributed by atoms with E-state index in [2.05, 4.69) is 31.7 Å². The highest BCUT2D eigenvalue weighted by Gasteiger charge is 1.82. The summed E-state index contributed by atoms with van der Waals surface area (Å²) in [6.07, 6.45) is 0. The van der Waals surface area contributed by atoms with Crippen molar-refractivity contribution < 1.29 is 0 Å². The van der Waals surface area contributed by atoms with Gasteiger partial charge in [0.2, 0.25) is 0 Å². The number of aryl methyl sites for hydroxylation is 1. The second-order valence-corrected chi connectivity index (χ2v) is 4.08. The standard InChI is InChI=1S/C7H8.C6H5ClS/c1-7-5-3-2-4-6-7;7-5-1-3-6(8)4-2-5/h2-6H,1H3;1-4,8H. The summed E-state index contributed by atoms with van der Waals surface area (Å²) in [6.45, 7) is 2.08. The van der Waals surface area contributed by atoms with Crippen LogP contribution in [0.5, 0.6) is 0 Å². The maximum Gasteiger partial charge on any atom is 0.0406 e. The second-order valence-electron chi connectivity index (χ2n) is 3.13. The van der Waals surface area contributed by atoms with Crippen LogP contribution in [0.15, 0.2) is 59.5 Å². The maximum atomic E-state index is 5.58. The van der Waals surface area contributed by atoms with Crippen molar-refractivity contribution in [2.45, 2.75) is 11.8 Å². The predicted molar refractivity (Wildman–Crippen MR) is 69.9 cm³/mol. The lowest BCUT2D eigenvalue weighted by Gasteiger charge is -1.87. The van der Waals surface area contributed by atoms with Crippen molar-refractivity contribution in [3.63, 3.8) is 0 Å². The number of rotatable bonds is 0. The van der Waals surface area contributed by atoms with Crippen LogP contribution in [-0.4, -0.2) is 0 Å². The van der Waals surface area contributed by atoms with Crippen LogP contribution < -0.4 is 0 Å². The minimum atomic E-state index is 0.753. The molecule has 0 heterocycles. The Morgan fingerprint density at radius 2 is 1.40 bits per heavy atom. The van der Waals surface area contributed by atoms with Gasteiger partial charge in [-0.05, 0) is 31.2 Å². The third-order valence-electron chi connectivity index (χ3n) is 1.77. The zero-order chi connectivity index (χ0) is 11.1. The third-order valence-corrected chi connectivity index (χ3v) is 2.32. The Labute approximate surface area is 101 Å². The fourth-order valence-corrected chi connectivity index (χ4v) is 1.25. The van der Waals surface area contributed by atoms with Crippen molar-refractivity contribution >= 4 is 24.2 Å². The van der Waals surface area contributed by atoms with Gasteiger partial charge in [-0.1, -0.05) is 47.5 Å². The van der Waals surface area contributed by atoms with E-state index in [0.717, 1.165) is 9.92 Å². The van der Waals surface area contributed by atoms with Crippen molar-refractivity contribution in [3.05, 3.63) is 65.2 Å². The Kier molecular flexibility index (Phi) is 5.30. The highest BCUT2D eigenvalue weighted by molar-refractivity contribution is 7.80. The molecule has 0 aliphatic rings. The van der Waals surface area contributed by atoms with E-state index in [1.807, 2.05) is 42.5 Å². The average Bonchev–Trinajstić information content (AvgIpc) is 2.25. The van der Waals surface area contributed by atoms with E-state index in [9.17, 15) is 0 Å². The van der Waals surface area contributed by atoms with E-state index in [1.165, 1.54) is 5.56 Å². The summed E-state index contributed by atoms with van der Waals surface area (Å²) >= 11 is 9.65. The van der Waals surface area contributed by atoms with E-state index in [-0.39, 0.29) is 0 Å². The topological polar surface area (TPSA) is 0 Å². The van der Waals surface area contributed by atoms with Crippen molar-refractivity contribution in [3.8, 4) is 0 Å². The number of thiol groups is 1. The predicted octanol–water partition coefficient (Wildman–Crippen LogP) is 4.62. The minimum absolute atomic E-state index is 0.753. The highest BCUT2D eigenvalue weighted by atomic mass is 35.5. The quantitative estimate of drug-likeness (QED) is 0.634. The fraction of sp³-hybridized carbons (Fsp3) is 0.0769. The summed E-state index contributed by atoms with van der Waals surface area (Å²) in [5, 5.41) is 0.753. The van der Waals surface area contributed by atoms with Crippen molar-refractivity contribution in [2.24, 2.45) is 0 Å². The van der Waals surface area contributed by atoms with Gasteiger partial charge < -0.3 is 0 Å². The molecule has 0 fully saturated rings. The molecule has 2 heteroatoms. The summed E-state index contributed by atoms with van der Waals surface area (Å²) in [6, 6.07) is 17.6. The average molecular weight is 237 g/mol. The minimum Gasteiger partial charge on any atom is -0.143 e. The lowest BCUT2D eigenvalue weighted by Crippen LogP contribution is -1.62.